The van der Waals surface area contributed by atoms with Gasteiger partial charge in [0.15, 0.2) is 0 Å². The summed E-state index contributed by atoms with van der Waals surface area (Å²) in [6.07, 6.45) is 2.48. The SMILES string of the molecule is Nc1nc(SCC(=O)NCC2CC2)n[nH]1. The molecule has 1 amide bonds. The molecule has 1 aromatic rings. The van der Waals surface area contributed by atoms with E-state index in [2.05, 4.69) is 20.5 Å². The maximum absolute atomic E-state index is 11.3. The van der Waals surface area contributed by atoms with Gasteiger partial charge in [-0.05, 0) is 18.8 Å². The highest BCUT2D eigenvalue weighted by Crippen LogP contribution is 2.27. The average molecular weight is 227 g/mol. The normalized spacial score (nSPS) is 15.2. The molecule has 0 radical (unpaired) electrons. The van der Waals surface area contributed by atoms with E-state index in [1.54, 1.807) is 0 Å². The minimum Gasteiger partial charge on any atom is -0.368 e. The van der Waals surface area contributed by atoms with Gasteiger partial charge in [0.05, 0.1) is 5.75 Å². The molecule has 0 aromatic carbocycles. The van der Waals surface area contributed by atoms with E-state index in [-0.39, 0.29) is 11.9 Å². The van der Waals surface area contributed by atoms with Crippen LogP contribution in [0.25, 0.3) is 0 Å². The lowest BCUT2D eigenvalue weighted by atomic mass is 10.4. The van der Waals surface area contributed by atoms with Crippen LogP contribution in [0.3, 0.4) is 0 Å². The molecule has 1 heterocycles. The minimum absolute atomic E-state index is 0.0234. The summed E-state index contributed by atoms with van der Waals surface area (Å²) in [6, 6.07) is 0. The van der Waals surface area contributed by atoms with Crippen molar-refractivity contribution in [3.05, 3.63) is 0 Å². The molecular weight excluding hydrogens is 214 g/mol. The molecule has 0 atom stereocenters. The second-order valence-electron chi connectivity index (χ2n) is 3.54. The Morgan fingerprint density at radius 1 is 1.67 bits per heavy atom. The molecule has 0 bridgehead atoms. The molecule has 0 spiro atoms. The Bertz CT molecular complexity index is 349. The molecule has 2 rings (SSSR count). The average Bonchev–Trinajstić information content (AvgIpc) is 2.95. The lowest BCUT2D eigenvalue weighted by Crippen LogP contribution is -2.27. The van der Waals surface area contributed by atoms with E-state index < -0.39 is 0 Å². The summed E-state index contributed by atoms with van der Waals surface area (Å²) in [5.41, 5.74) is 5.35. The van der Waals surface area contributed by atoms with Gasteiger partial charge in [-0.2, -0.15) is 4.98 Å². The van der Waals surface area contributed by atoms with E-state index >= 15 is 0 Å². The Morgan fingerprint density at radius 2 is 2.47 bits per heavy atom. The Hall–Kier alpha value is -1.24. The van der Waals surface area contributed by atoms with Crippen molar-refractivity contribution < 1.29 is 4.79 Å². The van der Waals surface area contributed by atoms with Crippen LogP contribution in [0.1, 0.15) is 12.8 Å². The van der Waals surface area contributed by atoms with Gasteiger partial charge in [0.1, 0.15) is 0 Å². The summed E-state index contributed by atoms with van der Waals surface area (Å²) < 4.78 is 0. The molecule has 15 heavy (non-hydrogen) atoms. The van der Waals surface area contributed by atoms with Gasteiger partial charge >= 0.3 is 0 Å². The number of hydrogen-bond acceptors (Lipinski definition) is 5. The van der Waals surface area contributed by atoms with Gasteiger partial charge < -0.3 is 11.1 Å². The standard InChI is InChI=1S/C8H13N5OS/c9-7-11-8(13-12-7)15-4-6(14)10-3-5-1-2-5/h5H,1-4H2,(H,10,14)(H3,9,11,12,13). The van der Waals surface area contributed by atoms with Crippen LogP contribution in [-0.2, 0) is 4.79 Å². The molecule has 0 unspecified atom stereocenters. The number of anilines is 1. The van der Waals surface area contributed by atoms with Crippen LogP contribution < -0.4 is 11.1 Å². The second-order valence-corrected chi connectivity index (χ2v) is 4.48. The maximum atomic E-state index is 11.3. The number of rotatable bonds is 5. The van der Waals surface area contributed by atoms with Gasteiger partial charge in [0.2, 0.25) is 17.0 Å². The number of nitrogens with zero attached hydrogens (tertiary/aromatic N) is 2. The van der Waals surface area contributed by atoms with Crippen LogP contribution in [0, 0.1) is 5.92 Å². The van der Waals surface area contributed by atoms with Gasteiger partial charge in [0, 0.05) is 6.54 Å². The predicted molar refractivity (Wildman–Crippen MR) is 57.3 cm³/mol. The first kappa shape index (κ1) is 10.3. The predicted octanol–water partition coefficient (Wildman–Crippen LogP) is 0.00520. The minimum atomic E-state index is 0.0234. The number of nitrogens with two attached hydrogens (primary N) is 1. The fraction of sp³-hybridized carbons (Fsp3) is 0.625. The van der Waals surface area contributed by atoms with Crippen LogP contribution >= 0.6 is 11.8 Å². The summed E-state index contributed by atoms with van der Waals surface area (Å²) >= 11 is 1.28. The fourth-order valence-corrected chi connectivity index (χ4v) is 1.72. The zero-order valence-corrected chi connectivity index (χ0v) is 9.01. The zero-order chi connectivity index (χ0) is 10.7. The van der Waals surface area contributed by atoms with Crippen LogP contribution in [0.2, 0.25) is 0 Å². The summed E-state index contributed by atoms with van der Waals surface area (Å²) in [7, 11) is 0. The Labute approximate surface area is 91.4 Å². The second kappa shape index (κ2) is 4.52. The molecule has 7 heteroatoms. The number of nitrogen functional groups attached to an aromatic ring is 1. The number of thioether (sulfide) groups is 1. The molecule has 1 aromatic heterocycles. The van der Waals surface area contributed by atoms with Crippen LogP contribution in [0.5, 0.6) is 0 Å². The van der Waals surface area contributed by atoms with E-state index in [1.807, 2.05) is 0 Å². The van der Waals surface area contributed by atoms with E-state index in [9.17, 15) is 4.79 Å². The zero-order valence-electron chi connectivity index (χ0n) is 8.19. The topological polar surface area (TPSA) is 96.7 Å². The van der Waals surface area contributed by atoms with Crippen molar-refractivity contribution in [2.24, 2.45) is 5.92 Å². The van der Waals surface area contributed by atoms with Crippen LogP contribution in [0.15, 0.2) is 5.16 Å². The number of hydrogen-bond donors (Lipinski definition) is 3. The number of amides is 1. The van der Waals surface area contributed by atoms with E-state index in [0.717, 1.165) is 6.54 Å². The van der Waals surface area contributed by atoms with Crippen molar-refractivity contribution in [1.29, 1.82) is 0 Å². The lowest BCUT2D eigenvalue weighted by Gasteiger charge is -2.01. The monoisotopic (exact) mass is 227 g/mol. The molecule has 1 fully saturated rings. The number of carbonyl (C=O) groups excluding carboxylic acids is 1. The van der Waals surface area contributed by atoms with E-state index in [1.165, 1.54) is 24.6 Å². The molecule has 82 valence electrons. The summed E-state index contributed by atoms with van der Waals surface area (Å²) in [6.45, 7) is 0.801. The first-order valence-electron chi connectivity index (χ1n) is 4.81. The summed E-state index contributed by atoms with van der Waals surface area (Å²) in [4.78, 5) is 15.2. The third kappa shape index (κ3) is 3.43. The molecule has 1 aliphatic rings. The molecule has 1 saturated carbocycles. The highest BCUT2D eigenvalue weighted by molar-refractivity contribution is 7.99. The first-order valence-corrected chi connectivity index (χ1v) is 5.80. The van der Waals surface area contributed by atoms with Crippen molar-refractivity contribution >= 4 is 23.6 Å². The van der Waals surface area contributed by atoms with Gasteiger partial charge in [-0.15, -0.1) is 5.10 Å². The summed E-state index contributed by atoms with van der Waals surface area (Å²) in [5.74, 6) is 1.34. The van der Waals surface area contributed by atoms with E-state index in [4.69, 9.17) is 5.73 Å². The van der Waals surface area contributed by atoms with Crippen molar-refractivity contribution in [2.45, 2.75) is 18.0 Å². The number of carbonyl (C=O) groups is 1. The molecule has 6 nitrogen and oxygen atoms in total. The number of aromatic nitrogens is 3. The van der Waals surface area contributed by atoms with Gasteiger partial charge in [-0.25, -0.2) is 5.10 Å². The fourth-order valence-electron chi connectivity index (χ4n) is 1.08. The lowest BCUT2D eigenvalue weighted by molar-refractivity contribution is -0.118. The largest absolute Gasteiger partial charge is 0.368 e. The van der Waals surface area contributed by atoms with Crippen molar-refractivity contribution in [1.82, 2.24) is 20.5 Å². The number of nitrogens with one attached hydrogen (secondary N) is 2. The van der Waals surface area contributed by atoms with Crippen molar-refractivity contribution in [3.63, 3.8) is 0 Å². The highest BCUT2D eigenvalue weighted by atomic mass is 32.2. The highest BCUT2D eigenvalue weighted by Gasteiger charge is 2.21. The number of H-pyrrole nitrogens is 1. The van der Waals surface area contributed by atoms with Gasteiger partial charge in [-0.1, -0.05) is 11.8 Å². The quantitative estimate of drug-likeness (QED) is 0.615. The molecule has 4 N–H and O–H groups in total. The van der Waals surface area contributed by atoms with Gasteiger partial charge in [-0.3, -0.25) is 4.79 Å². The Kier molecular flexibility index (Phi) is 3.10. The molecule has 1 aliphatic carbocycles. The Morgan fingerprint density at radius 3 is 3.07 bits per heavy atom. The first-order chi connectivity index (χ1) is 7.24. The molecule has 0 aliphatic heterocycles. The van der Waals surface area contributed by atoms with Crippen LogP contribution in [0.4, 0.5) is 5.95 Å². The third-order valence-electron chi connectivity index (χ3n) is 2.10. The Balaban J connectivity index is 1.65. The van der Waals surface area contributed by atoms with E-state index in [0.29, 0.717) is 16.8 Å². The molecular formula is C8H13N5OS. The summed E-state index contributed by atoms with van der Waals surface area (Å²) in [5, 5.41) is 9.71. The van der Waals surface area contributed by atoms with Crippen molar-refractivity contribution in [3.8, 4) is 0 Å². The van der Waals surface area contributed by atoms with Crippen LogP contribution in [-0.4, -0.2) is 33.4 Å². The number of aromatic amines is 1. The molecule has 0 saturated heterocycles. The maximum Gasteiger partial charge on any atom is 0.230 e. The van der Waals surface area contributed by atoms with Crippen molar-refractivity contribution in [2.75, 3.05) is 18.0 Å². The smallest absolute Gasteiger partial charge is 0.230 e. The third-order valence-corrected chi connectivity index (χ3v) is 2.95. The van der Waals surface area contributed by atoms with Gasteiger partial charge in [0.25, 0.3) is 0 Å².